The minimum atomic E-state index is -1.94. The lowest BCUT2D eigenvalue weighted by molar-refractivity contribution is 0.503. The Morgan fingerprint density at radius 1 is 1.33 bits per heavy atom. The van der Waals surface area contributed by atoms with Gasteiger partial charge in [0.15, 0.2) is 0 Å². The molecule has 0 amide bonds. The zero-order valence-corrected chi connectivity index (χ0v) is 12.6. The number of hydrogen-bond donors (Lipinski definition) is 0. The summed E-state index contributed by atoms with van der Waals surface area (Å²) in [6.07, 6.45) is 3.42. The summed E-state index contributed by atoms with van der Waals surface area (Å²) in [4.78, 5) is 0. The molecular formula is C16H24OS. The van der Waals surface area contributed by atoms with E-state index in [2.05, 4.69) is 50.9 Å². The highest BCUT2D eigenvalue weighted by atomic mass is 32.2. The highest BCUT2D eigenvalue weighted by Gasteiger charge is 2.26. The van der Waals surface area contributed by atoms with Gasteiger partial charge in [-0.25, -0.2) is 0 Å². The Morgan fingerprint density at radius 3 is 2.50 bits per heavy atom. The highest BCUT2D eigenvalue weighted by molar-refractivity contribution is 8.00. The molecule has 0 radical (unpaired) electrons. The first-order valence-electron chi connectivity index (χ1n) is 6.72. The fraction of sp³-hybridized carbons (Fsp3) is 0.562. The Bertz CT molecular complexity index is 516. The molecule has 0 bridgehead atoms. The van der Waals surface area contributed by atoms with E-state index in [1.165, 1.54) is 17.5 Å². The molecule has 1 atom stereocenters. The van der Waals surface area contributed by atoms with Gasteiger partial charge in [0.2, 0.25) is 0 Å². The topological polar surface area (TPSA) is 17.1 Å². The van der Waals surface area contributed by atoms with Crippen LogP contribution >= 0.6 is 0 Å². The molecule has 1 aromatic rings. The molecule has 1 saturated carbocycles. The summed E-state index contributed by atoms with van der Waals surface area (Å²) in [6.45, 7) is 6.62. The molecule has 1 aliphatic carbocycles. The van der Waals surface area contributed by atoms with Gasteiger partial charge >= 0.3 is 0 Å². The molecule has 2 heteroatoms. The summed E-state index contributed by atoms with van der Waals surface area (Å²) in [7, 11) is -1.94. The standard InChI is InChI=1S/C16H24OS/c1-16(2,3)14-8-5-7-13(11-14)12-18(4,17)15-9-6-10-15/h5,7-8,11,15H,4,6,9-10,12H2,1-3H3. The van der Waals surface area contributed by atoms with Crippen LogP contribution in [0.25, 0.3) is 0 Å². The normalized spacial score (nSPS) is 20.2. The lowest BCUT2D eigenvalue weighted by atomic mass is 9.86. The van der Waals surface area contributed by atoms with E-state index in [9.17, 15) is 4.21 Å². The van der Waals surface area contributed by atoms with E-state index in [1.807, 2.05) is 0 Å². The molecule has 1 unspecified atom stereocenters. The van der Waals surface area contributed by atoms with Crippen LogP contribution in [0.3, 0.4) is 0 Å². The van der Waals surface area contributed by atoms with E-state index in [0.29, 0.717) is 11.0 Å². The largest absolute Gasteiger partial charge is 0.267 e. The summed E-state index contributed by atoms with van der Waals surface area (Å²) in [5, 5.41) is 0.357. The molecule has 1 fully saturated rings. The second-order valence-corrected chi connectivity index (χ2v) is 9.21. The van der Waals surface area contributed by atoms with E-state index >= 15 is 0 Å². The fourth-order valence-electron chi connectivity index (χ4n) is 2.33. The predicted octanol–water partition coefficient (Wildman–Crippen LogP) is 3.75. The average molecular weight is 264 g/mol. The third-order valence-electron chi connectivity index (χ3n) is 3.86. The molecule has 0 aliphatic heterocycles. The maximum atomic E-state index is 12.6. The van der Waals surface area contributed by atoms with E-state index in [-0.39, 0.29) is 5.41 Å². The molecule has 2 rings (SSSR count). The minimum absolute atomic E-state index is 0.147. The molecule has 0 aromatic heterocycles. The van der Waals surface area contributed by atoms with Crippen molar-refractivity contribution < 1.29 is 4.21 Å². The van der Waals surface area contributed by atoms with Gasteiger partial charge in [-0.05, 0) is 44.8 Å². The Morgan fingerprint density at radius 2 is 2.00 bits per heavy atom. The maximum absolute atomic E-state index is 12.6. The van der Waals surface area contributed by atoms with Crippen molar-refractivity contribution in [3.8, 4) is 0 Å². The van der Waals surface area contributed by atoms with Crippen LogP contribution in [0.5, 0.6) is 0 Å². The van der Waals surface area contributed by atoms with Gasteiger partial charge in [-0.1, -0.05) is 51.5 Å². The molecule has 0 heterocycles. The van der Waals surface area contributed by atoms with Crippen molar-refractivity contribution in [1.29, 1.82) is 0 Å². The second-order valence-electron chi connectivity index (χ2n) is 6.52. The quantitative estimate of drug-likeness (QED) is 0.760. The molecule has 0 saturated heterocycles. The first kappa shape index (κ1) is 13.7. The third kappa shape index (κ3) is 2.97. The summed E-state index contributed by atoms with van der Waals surface area (Å²) < 4.78 is 12.6. The van der Waals surface area contributed by atoms with Gasteiger partial charge in [-0.3, -0.25) is 4.21 Å². The summed E-state index contributed by atoms with van der Waals surface area (Å²) in [6, 6.07) is 8.51. The maximum Gasteiger partial charge on any atom is 0.0412 e. The molecule has 1 aliphatic rings. The van der Waals surface area contributed by atoms with Gasteiger partial charge in [0.05, 0.1) is 0 Å². The van der Waals surface area contributed by atoms with Crippen LogP contribution in [0.1, 0.15) is 51.2 Å². The lowest BCUT2D eigenvalue weighted by Crippen LogP contribution is -2.29. The van der Waals surface area contributed by atoms with Gasteiger partial charge in [-0.2, -0.15) is 0 Å². The van der Waals surface area contributed by atoms with Crippen molar-refractivity contribution in [1.82, 2.24) is 0 Å². The van der Waals surface area contributed by atoms with Gasteiger partial charge < -0.3 is 0 Å². The SMILES string of the molecule is C=S(=O)(Cc1cccc(C(C)(C)C)c1)C1CCC1. The van der Waals surface area contributed by atoms with Gasteiger partial charge in [0.1, 0.15) is 0 Å². The summed E-state index contributed by atoms with van der Waals surface area (Å²) in [5.74, 6) is 4.65. The molecule has 1 aromatic carbocycles. The smallest absolute Gasteiger partial charge is 0.0412 e. The first-order valence-corrected chi connectivity index (χ1v) is 8.68. The lowest BCUT2D eigenvalue weighted by Gasteiger charge is -2.29. The summed E-state index contributed by atoms with van der Waals surface area (Å²) >= 11 is 0. The van der Waals surface area contributed by atoms with Crippen LogP contribution in [0.2, 0.25) is 0 Å². The second kappa shape index (κ2) is 4.73. The minimum Gasteiger partial charge on any atom is -0.267 e. The van der Waals surface area contributed by atoms with Crippen LogP contribution in [0.4, 0.5) is 0 Å². The van der Waals surface area contributed by atoms with Crippen LogP contribution in [-0.4, -0.2) is 15.3 Å². The molecule has 0 spiro atoms. The highest BCUT2D eigenvalue weighted by Crippen LogP contribution is 2.29. The van der Waals surface area contributed by atoms with Gasteiger partial charge in [-0.15, -0.1) is 0 Å². The number of rotatable bonds is 3. The van der Waals surface area contributed by atoms with Gasteiger partial charge in [0, 0.05) is 11.0 Å². The Kier molecular flexibility index (Phi) is 3.59. The zero-order chi connectivity index (χ0) is 13.4. The fourth-order valence-corrected chi connectivity index (χ4v) is 4.50. The summed E-state index contributed by atoms with van der Waals surface area (Å²) in [5.41, 5.74) is 2.63. The number of hydrogen-bond acceptors (Lipinski definition) is 1. The Labute approximate surface area is 112 Å². The van der Waals surface area contributed by atoms with Crippen molar-refractivity contribution in [3.63, 3.8) is 0 Å². The molecular weight excluding hydrogens is 240 g/mol. The monoisotopic (exact) mass is 264 g/mol. The molecule has 0 N–H and O–H groups in total. The first-order chi connectivity index (χ1) is 8.29. The molecule has 18 heavy (non-hydrogen) atoms. The van der Waals surface area contributed by atoms with Crippen molar-refractivity contribution in [3.05, 3.63) is 35.4 Å². The Balaban J connectivity index is 2.19. The predicted molar refractivity (Wildman–Crippen MR) is 81.7 cm³/mol. The van der Waals surface area contributed by atoms with Crippen molar-refractivity contribution in [2.45, 2.75) is 56.5 Å². The van der Waals surface area contributed by atoms with Crippen molar-refractivity contribution in [2.24, 2.45) is 0 Å². The number of benzene rings is 1. The van der Waals surface area contributed by atoms with E-state index < -0.39 is 9.52 Å². The van der Waals surface area contributed by atoms with E-state index in [1.54, 1.807) is 0 Å². The molecule has 1 nitrogen and oxygen atoms in total. The van der Waals surface area contributed by atoms with Crippen molar-refractivity contribution >= 4 is 15.4 Å². The molecule has 100 valence electrons. The van der Waals surface area contributed by atoms with Crippen LogP contribution < -0.4 is 0 Å². The zero-order valence-electron chi connectivity index (χ0n) is 11.7. The Hall–Kier alpha value is -0.760. The van der Waals surface area contributed by atoms with Crippen molar-refractivity contribution in [2.75, 3.05) is 0 Å². The van der Waals surface area contributed by atoms with Crippen LogP contribution in [0.15, 0.2) is 24.3 Å². The van der Waals surface area contributed by atoms with E-state index in [0.717, 1.165) is 12.8 Å². The van der Waals surface area contributed by atoms with Crippen LogP contribution in [0, 0.1) is 0 Å². The van der Waals surface area contributed by atoms with E-state index in [4.69, 9.17) is 0 Å². The van der Waals surface area contributed by atoms with Crippen LogP contribution in [-0.2, 0) is 20.7 Å². The third-order valence-corrected chi connectivity index (χ3v) is 6.37. The average Bonchev–Trinajstić information content (AvgIpc) is 2.11. The van der Waals surface area contributed by atoms with Gasteiger partial charge in [0.25, 0.3) is 0 Å².